The number of Topliss-reactive ketones (excluding diaryl/α,β-unsaturated/α-hetero) is 1. The van der Waals surface area contributed by atoms with Gasteiger partial charge in [0.05, 0.1) is 17.1 Å². The second-order valence-electron chi connectivity index (χ2n) is 5.46. The summed E-state index contributed by atoms with van der Waals surface area (Å²) in [6.45, 7) is 0. The van der Waals surface area contributed by atoms with E-state index >= 15 is 0 Å². The van der Waals surface area contributed by atoms with Crippen molar-refractivity contribution in [2.75, 3.05) is 0 Å². The molecule has 3 rings (SSSR count). The lowest BCUT2D eigenvalue weighted by atomic mass is 9.98. The molecule has 1 atom stereocenters. The normalized spacial score (nSPS) is 12.1. The van der Waals surface area contributed by atoms with Gasteiger partial charge in [0, 0.05) is 23.5 Å². The Labute approximate surface area is 149 Å². The Balaban J connectivity index is 1.94. The molecule has 6 heteroatoms. The molecule has 3 aromatic rings. The fourth-order valence-corrected chi connectivity index (χ4v) is 3.13. The fraction of sp³-hybridized carbons (Fsp3) is 0.167. The molecular formula is C18H13Cl2N3O. The highest BCUT2D eigenvalue weighted by Gasteiger charge is 2.26. The number of rotatable bonds is 4. The molecule has 0 aliphatic rings. The Kier molecular flexibility index (Phi) is 4.57. The Morgan fingerprint density at radius 3 is 2.71 bits per heavy atom. The van der Waals surface area contributed by atoms with Crippen molar-refractivity contribution in [3.05, 3.63) is 63.9 Å². The Morgan fingerprint density at radius 1 is 1.29 bits per heavy atom. The number of hydrogen-bond donors (Lipinski definition) is 0. The zero-order valence-corrected chi connectivity index (χ0v) is 14.3. The predicted molar refractivity (Wildman–Crippen MR) is 94.2 cm³/mol. The number of carbonyl (C=O) groups is 1. The molecule has 0 radical (unpaired) electrons. The van der Waals surface area contributed by atoms with Gasteiger partial charge in [-0.3, -0.25) is 4.79 Å². The van der Waals surface area contributed by atoms with Gasteiger partial charge in [0.2, 0.25) is 0 Å². The quantitative estimate of drug-likeness (QED) is 0.699. The Morgan fingerprint density at radius 2 is 2.04 bits per heavy atom. The van der Waals surface area contributed by atoms with Crippen molar-refractivity contribution in [3.8, 4) is 6.07 Å². The van der Waals surface area contributed by atoms with Crippen molar-refractivity contribution in [3.63, 3.8) is 0 Å². The molecule has 0 spiro atoms. The molecule has 2 aromatic carbocycles. The van der Waals surface area contributed by atoms with Gasteiger partial charge >= 0.3 is 0 Å². The molecule has 0 saturated carbocycles. The average Bonchev–Trinajstić information content (AvgIpc) is 2.88. The van der Waals surface area contributed by atoms with Crippen LogP contribution >= 0.6 is 23.2 Å². The minimum absolute atomic E-state index is 0.0530. The smallest absolute Gasteiger partial charge is 0.163 e. The molecule has 0 fully saturated rings. The van der Waals surface area contributed by atoms with Gasteiger partial charge in [-0.15, -0.1) is 0 Å². The van der Waals surface area contributed by atoms with E-state index in [2.05, 4.69) is 11.1 Å². The minimum atomic E-state index is -0.950. The number of benzene rings is 2. The molecule has 1 aromatic heterocycles. The van der Waals surface area contributed by atoms with Crippen molar-refractivity contribution in [2.45, 2.75) is 12.3 Å². The van der Waals surface area contributed by atoms with Crippen LogP contribution in [0.3, 0.4) is 0 Å². The Bertz CT molecular complexity index is 972. The number of nitriles is 1. The number of hydrogen-bond acceptors (Lipinski definition) is 3. The van der Waals surface area contributed by atoms with E-state index in [9.17, 15) is 10.1 Å². The maximum absolute atomic E-state index is 12.6. The van der Waals surface area contributed by atoms with E-state index in [4.69, 9.17) is 23.2 Å². The number of aryl methyl sites for hydroxylation is 1. The number of ketones is 1. The van der Waals surface area contributed by atoms with Gasteiger partial charge in [-0.05, 0) is 29.8 Å². The van der Waals surface area contributed by atoms with Gasteiger partial charge in [-0.1, -0.05) is 41.4 Å². The first kappa shape index (κ1) is 16.5. The van der Waals surface area contributed by atoms with Crippen molar-refractivity contribution >= 4 is 40.0 Å². The highest BCUT2D eigenvalue weighted by molar-refractivity contribution is 6.35. The van der Waals surface area contributed by atoms with E-state index in [1.54, 1.807) is 29.8 Å². The van der Waals surface area contributed by atoms with Crippen molar-refractivity contribution in [2.24, 2.45) is 7.05 Å². The number of nitrogens with zero attached hydrogens (tertiary/aromatic N) is 3. The van der Waals surface area contributed by atoms with Crippen LogP contribution in [0.15, 0.2) is 42.5 Å². The molecule has 0 bridgehead atoms. The number of fused-ring (bicyclic) bond motifs is 1. The SMILES string of the molecule is Cn1c([C@@H](C#N)C(=O)Cc2ccc(Cl)cc2Cl)nc2ccccc21. The van der Waals surface area contributed by atoms with Crippen LogP contribution in [0.4, 0.5) is 0 Å². The molecule has 0 aliphatic carbocycles. The summed E-state index contributed by atoms with van der Waals surface area (Å²) < 4.78 is 1.78. The summed E-state index contributed by atoms with van der Waals surface area (Å²) in [5, 5.41) is 10.4. The summed E-state index contributed by atoms with van der Waals surface area (Å²) in [5.74, 6) is -0.761. The summed E-state index contributed by atoms with van der Waals surface area (Å²) in [5.41, 5.74) is 2.28. The number of imidazole rings is 1. The summed E-state index contributed by atoms with van der Waals surface area (Å²) in [4.78, 5) is 17.1. The van der Waals surface area contributed by atoms with Gasteiger partial charge in [-0.25, -0.2) is 4.98 Å². The lowest BCUT2D eigenvalue weighted by Gasteiger charge is -2.10. The first-order valence-electron chi connectivity index (χ1n) is 7.29. The fourth-order valence-electron chi connectivity index (χ4n) is 2.65. The van der Waals surface area contributed by atoms with Gasteiger partial charge in [0.15, 0.2) is 11.7 Å². The van der Waals surface area contributed by atoms with E-state index < -0.39 is 5.92 Å². The summed E-state index contributed by atoms with van der Waals surface area (Å²) in [6, 6.07) is 14.6. The molecule has 1 heterocycles. The van der Waals surface area contributed by atoms with Crippen molar-refractivity contribution in [1.82, 2.24) is 9.55 Å². The van der Waals surface area contributed by atoms with Gasteiger partial charge in [0.1, 0.15) is 5.82 Å². The van der Waals surface area contributed by atoms with E-state index in [1.165, 1.54) is 0 Å². The zero-order valence-electron chi connectivity index (χ0n) is 12.8. The maximum atomic E-state index is 12.6. The van der Waals surface area contributed by atoms with Crippen LogP contribution in [0.25, 0.3) is 11.0 Å². The largest absolute Gasteiger partial charge is 0.330 e. The maximum Gasteiger partial charge on any atom is 0.163 e. The molecule has 0 unspecified atom stereocenters. The Hall–Kier alpha value is -2.35. The van der Waals surface area contributed by atoms with Gasteiger partial charge < -0.3 is 4.57 Å². The zero-order chi connectivity index (χ0) is 17.3. The summed E-state index contributed by atoms with van der Waals surface area (Å²) in [7, 11) is 1.80. The van der Waals surface area contributed by atoms with Gasteiger partial charge in [0.25, 0.3) is 0 Å². The lowest BCUT2D eigenvalue weighted by molar-refractivity contribution is -0.118. The van der Waals surface area contributed by atoms with E-state index in [0.717, 1.165) is 11.0 Å². The number of halogens is 2. The van der Waals surface area contributed by atoms with E-state index in [-0.39, 0.29) is 12.2 Å². The topological polar surface area (TPSA) is 58.7 Å². The second-order valence-corrected chi connectivity index (χ2v) is 6.30. The van der Waals surface area contributed by atoms with Crippen LogP contribution in [-0.4, -0.2) is 15.3 Å². The summed E-state index contributed by atoms with van der Waals surface area (Å²) >= 11 is 12.0. The van der Waals surface area contributed by atoms with Crippen LogP contribution < -0.4 is 0 Å². The third-order valence-corrected chi connectivity index (χ3v) is 4.50. The molecule has 4 nitrogen and oxygen atoms in total. The molecule has 24 heavy (non-hydrogen) atoms. The standard InChI is InChI=1S/C18H13Cl2N3O/c1-23-16-5-3-2-4-15(16)22-18(23)13(10-21)17(24)8-11-6-7-12(19)9-14(11)20/h2-7,9,13H,8H2,1H3/t13-/m0/s1. The molecule has 0 aliphatic heterocycles. The second kappa shape index (κ2) is 6.64. The molecule has 0 saturated heterocycles. The highest BCUT2D eigenvalue weighted by Crippen LogP contribution is 2.26. The van der Waals surface area contributed by atoms with Gasteiger partial charge in [-0.2, -0.15) is 5.26 Å². The first-order valence-corrected chi connectivity index (χ1v) is 8.04. The van der Waals surface area contributed by atoms with Crippen LogP contribution in [0.1, 0.15) is 17.3 Å². The first-order chi connectivity index (χ1) is 11.5. The van der Waals surface area contributed by atoms with Crippen LogP contribution in [-0.2, 0) is 18.3 Å². The highest BCUT2D eigenvalue weighted by atomic mass is 35.5. The van der Waals surface area contributed by atoms with Crippen LogP contribution in [0, 0.1) is 11.3 Å². The molecule has 0 N–H and O–H groups in total. The third-order valence-electron chi connectivity index (χ3n) is 3.91. The predicted octanol–water partition coefficient (Wildman–Crippen LogP) is 4.30. The van der Waals surface area contributed by atoms with Crippen LogP contribution in [0.5, 0.6) is 0 Å². The molecule has 0 amide bonds. The number of aromatic nitrogens is 2. The number of para-hydroxylation sites is 2. The third kappa shape index (κ3) is 3.01. The minimum Gasteiger partial charge on any atom is -0.330 e. The van der Waals surface area contributed by atoms with Crippen molar-refractivity contribution in [1.29, 1.82) is 5.26 Å². The van der Waals surface area contributed by atoms with Crippen molar-refractivity contribution < 1.29 is 4.79 Å². The van der Waals surface area contributed by atoms with E-state index in [0.29, 0.717) is 21.4 Å². The molecular weight excluding hydrogens is 345 g/mol. The summed E-state index contributed by atoms with van der Waals surface area (Å²) in [6.07, 6.45) is 0.0530. The molecule has 120 valence electrons. The monoisotopic (exact) mass is 357 g/mol. The number of carbonyl (C=O) groups excluding carboxylic acids is 1. The average molecular weight is 358 g/mol. The van der Waals surface area contributed by atoms with Crippen LogP contribution in [0.2, 0.25) is 10.0 Å². The van der Waals surface area contributed by atoms with E-state index in [1.807, 2.05) is 24.3 Å². The lowest BCUT2D eigenvalue weighted by Crippen LogP contribution is -2.17.